The number of aryl methyl sites for hydroxylation is 2. The van der Waals surface area contributed by atoms with Gasteiger partial charge in [0.15, 0.2) is 5.88 Å². The van der Waals surface area contributed by atoms with Crippen molar-refractivity contribution in [3.8, 4) is 0 Å². The van der Waals surface area contributed by atoms with Crippen molar-refractivity contribution in [1.29, 1.82) is 0 Å². The third-order valence-corrected chi connectivity index (χ3v) is 9.17. The Bertz CT molecular complexity index is 1890. The van der Waals surface area contributed by atoms with Gasteiger partial charge in [0.1, 0.15) is 0 Å². The third-order valence-electron chi connectivity index (χ3n) is 9.17. The Hall–Kier alpha value is -5.62. The molecule has 1 aliphatic carbocycles. The summed E-state index contributed by atoms with van der Waals surface area (Å²) in [7, 11) is 0. The first kappa shape index (κ1) is 39.8. The van der Waals surface area contributed by atoms with Crippen molar-refractivity contribution in [2.24, 2.45) is 0 Å². The lowest BCUT2D eigenvalue weighted by atomic mass is 9.94. The van der Waals surface area contributed by atoms with Crippen LogP contribution in [0.1, 0.15) is 74.4 Å². The number of hydrogen-bond acceptors (Lipinski definition) is 6. The van der Waals surface area contributed by atoms with Gasteiger partial charge in [-0.25, -0.2) is 0 Å². The molecule has 5 N–H and O–H groups in total. The number of hydrogen-bond donors (Lipinski definition) is 5. The lowest BCUT2D eigenvalue weighted by Gasteiger charge is -2.32. The van der Waals surface area contributed by atoms with Gasteiger partial charge >= 0.3 is 0 Å². The Morgan fingerprint density at radius 1 is 0.843 bits per heavy atom. The van der Waals surface area contributed by atoms with E-state index in [9.17, 15) is 5.11 Å². The van der Waals surface area contributed by atoms with Crippen LogP contribution in [-0.2, 0) is 19.6 Å². The minimum Gasteiger partial charge on any atom is -0.495 e. The summed E-state index contributed by atoms with van der Waals surface area (Å²) >= 11 is 0. The quantitative estimate of drug-likeness (QED) is 0.0750. The Morgan fingerprint density at radius 3 is 2.10 bits per heavy atom. The molecule has 0 saturated carbocycles. The fraction of sp³-hybridized carbons (Fsp3) is 0.244. The predicted octanol–water partition coefficient (Wildman–Crippen LogP) is 10.3. The van der Waals surface area contributed by atoms with Crippen LogP contribution in [0.3, 0.4) is 0 Å². The highest BCUT2D eigenvalue weighted by Crippen LogP contribution is 2.30. The molecule has 2 aromatic rings. The molecular formula is C45H57N5O. The van der Waals surface area contributed by atoms with E-state index in [-0.39, 0.29) is 5.88 Å². The summed E-state index contributed by atoms with van der Waals surface area (Å²) in [5.41, 5.74) is 16.8. The summed E-state index contributed by atoms with van der Waals surface area (Å²) in [6, 6.07) is 12.7. The lowest BCUT2D eigenvalue weighted by molar-refractivity contribution is 0.388. The Balaban J connectivity index is 1.83. The molecule has 6 heteroatoms. The number of allylic oxidation sites excluding steroid dienone is 7. The number of aliphatic hydroxyl groups is 1. The van der Waals surface area contributed by atoms with Crippen molar-refractivity contribution in [2.75, 3.05) is 0 Å². The molecule has 0 aliphatic heterocycles. The van der Waals surface area contributed by atoms with E-state index in [2.05, 4.69) is 144 Å². The van der Waals surface area contributed by atoms with Crippen LogP contribution in [0.2, 0.25) is 0 Å². The second-order valence-electron chi connectivity index (χ2n) is 13.2. The molecule has 1 aliphatic rings. The van der Waals surface area contributed by atoms with Crippen LogP contribution in [0.15, 0.2) is 163 Å². The summed E-state index contributed by atoms with van der Waals surface area (Å²) in [6.07, 6.45) is 6.72. The molecule has 6 nitrogen and oxygen atoms in total. The number of nitrogens with one attached hydrogen (secondary N) is 4. The molecule has 0 radical (unpaired) electrons. The van der Waals surface area contributed by atoms with E-state index in [0.29, 0.717) is 25.3 Å². The molecule has 0 bridgehead atoms. The molecule has 0 amide bonds. The van der Waals surface area contributed by atoms with Gasteiger partial charge in [0.25, 0.3) is 0 Å². The van der Waals surface area contributed by atoms with Crippen molar-refractivity contribution in [2.45, 2.75) is 74.5 Å². The predicted molar refractivity (Wildman–Crippen MR) is 219 cm³/mol. The highest BCUT2D eigenvalue weighted by atomic mass is 16.3. The second kappa shape index (κ2) is 17.9. The minimum absolute atomic E-state index is 0.0958. The second-order valence-corrected chi connectivity index (χ2v) is 13.2. The molecule has 0 heterocycles. The monoisotopic (exact) mass is 683 g/mol. The fourth-order valence-corrected chi connectivity index (χ4v) is 5.47. The maximum atomic E-state index is 9.62. The van der Waals surface area contributed by atoms with Gasteiger partial charge in [-0.05, 0) is 123 Å². The van der Waals surface area contributed by atoms with Crippen molar-refractivity contribution < 1.29 is 5.11 Å². The first-order chi connectivity index (χ1) is 24.1. The van der Waals surface area contributed by atoms with E-state index < -0.39 is 0 Å². The highest BCUT2D eigenvalue weighted by molar-refractivity contribution is 5.66. The molecule has 0 spiro atoms. The van der Waals surface area contributed by atoms with Crippen molar-refractivity contribution >= 4 is 5.70 Å². The maximum Gasteiger partial charge on any atom is 0.181 e. The van der Waals surface area contributed by atoms with Crippen LogP contribution in [0.4, 0.5) is 0 Å². The van der Waals surface area contributed by atoms with E-state index >= 15 is 0 Å². The van der Waals surface area contributed by atoms with Crippen LogP contribution in [0, 0.1) is 13.8 Å². The summed E-state index contributed by atoms with van der Waals surface area (Å²) < 4.78 is 0. The molecule has 51 heavy (non-hydrogen) atoms. The number of rotatable bonds is 19. The fourth-order valence-electron chi connectivity index (χ4n) is 5.47. The molecule has 2 aromatic carbocycles. The standard InChI is InChI=1S/C45H57N5O/c1-15-33(9)50(37(13)28(3)4)45(36(12)46-25-39-18-17-29(5)42(24-39)27-48-44-22-30(6)34(44)10)23-31(7)35(11)47-26-41-20-19-40(21-32(41)8)43(16-2)49-38(14)51/h16-24,46-49,51H,6-7,9-12,14-15,25-27H2,1-5,8,13H3/b43-16-,45-23-. The average molecular weight is 684 g/mol. The smallest absolute Gasteiger partial charge is 0.181 e. The zero-order valence-electron chi connectivity index (χ0n) is 31.9. The lowest BCUT2D eigenvalue weighted by Crippen LogP contribution is -2.27. The van der Waals surface area contributed by atoms with E-state index in [1.807, 2.05) is 31.2 Å². The largest absolute Gasteiger partial charge is 0.495 e. The number of nitrogens with zero attached hydrogens (tertiary/aromatic N) is 1. The molecule has 0 unspecified atom stereocenters. The Kier molecular flexibility index (Phi) is 13.9. The highest BCUT2D eigenvalue weighted by Gasteiger charge is 2.20. The summed E-state index contributed by atoms with van der Waals surface area (Å²) in [5, 5.41) is 23.1. The van der Waals surface area contributed by atoms with Crippen LogP contribution < -0.4 is 21.3 Å². The Labute approximate surface area is 307 Å². The van der Waals surface area contributed by atoms with E-state index in [4.69, 9.17) is 0 Å². The normalized spacial score (nSPS) is 12.6. The first-order valence-corrected chi connectivity index (χ1v) is 17.3. The summed E-state index contributed by atoms with van der Waals surface area (Å²) in [5.74, 6) is -0.0958. The average Bonchev–Trinajstić information content (AvgIpc) is 3.10. The van der Waals surface area contributed by atoms with Gasteiger partial charge in [-0.15, -0.1) is 0 Å². The van der Waals surface area contributed by atoms with Gasteiger partial charge < -0.3 is 31.3 Å². The Morgan fingerprint density at radius 2 is 1.53 bits per heavy atom. The van der Waals surface area contributed by atoms with Gasteiger partial charge in [-0.1, -0.05) is 88.4 Å². The first-order valence-electron chi connectivity index (χ1n) is 17.3. The zero-order chi connectivity index (χ0) is 38.0. The van der Waals surface area contributed by atoms with Crippen molar-refractivity contribution in [3.05, 3.63) is 196 Å². The van der Waals surface area contributed by atoms with Crippen LogP contribution >= 0.6 is 0 Å². The molecule has 3 rings (SSSR count). The van der Waals surface area contributed by atoms with Gasteiger partial charge in [0, 0.05) is 48.1 Å². The van der Waals surface area contributed by atoms with Gasteiger partial charge in [-0.2, -0.15) is 0 Å². The molecular weight excluding hydrogens is 627 g/mol. The molecule has 0 saturated heterocycles. The summed E-state index contributed by atoms with van der Waals surface area (Å²) in [4.78, 5) is 2.16. The van der Waals surface area contributed by atoms with Crippen LogP contribution in [0.25, 0.3) is 5.70 Å². The van der Waals surface area contributed by atoms with E-state index in [1.165, 1.54) is 16.7 Å². The zero-order valence-corrected chi connectivity index (χ0v) is 31.9. The molecule has 268 valence electrons. The van der Waals surface area contributed by atoms with E-state index in [0.717, 1.165) is 79.6 Å². The van der Waals surface area contributed by atoms with Crippen molar-refractivity contribution in [3.63, 3.8) is 0 Å². The minimum atomic E-state index is -0.0958. The number of aliphatic hydroxyl groups excluding tert-OH is 1. The molecule has 0 aromatic heterocycles. The number of benzene rings is 2. The summed E-state index contributed by atoms with van der Waals surface area (Å²) in [6.45, 7) is 45.6. The van der Waals surface area contributed by atoms with Crippen LogP contribution in [0.5, 0.6) is 0 Å². The molecule has 0 fully saturated rings. The van der Waals surface area contributed by atoms with Gasteiger partial charge in [0.2, 0.25) is 0 Å². The van der Waals surface area contributed by atoms with E-state index in [1.54, 1.807) is 0 Å². The molecule has 0 atom stereocenters. The van der Waals surface area contributed by atoms with Gasteiger partial charge in [-0.3, -0.25) is 0 Å². The topological polar surface area (TPSA) is 71.6 Å². The third kappa shape index (κ3) is 10.4. The SMILES string of the molecule is C=C(O)N/C(=C\C)c1ccc(CNC(=C)C(=C)/C=C(/C(=C)NCc2ccc(C)c(CNC3=CC(=C)C3=C)c2)N(C(=C)CC)C(C)=C(C)C)c(C)c1. The van der Waals surface area contributed by atoms with Crippen molar-refractivity contribution in [1.82, 2.24) is 26.2 Å². The van der Waals surface area contributed by atoms with Crippen LogP contribution in [-0.4, -0.2) is 10.0 Å². The van der Waals surface area contributed by atoms with Gasteiger partial charge in [0.05, 0.1) is 11.4 Å². The maximum absolute atomic E-state index is 9.62.